The van der Waals surface area contributed by atoms with Crippen LogP contribution in [0.4, 0.5) is 5.69 Å². The fraction of sp³-hybridized carbons (Fsp3) is 0.571. The van der Waals surface area contributed by atoms with Gasteiger partial charge >= 0.3 is 0 Å². The molecule has 1 aromatic rings. The van der Waals surface area contributed by atoms with Crippen LogP contribution in [0.2, 0.25) is 0 Å². The number of amides is 1. The minimum Gasteiger partial charge on any atom is -0.383 e. The quantitative estimate of drug-likeness (QED) is 0.756. The zero-order valence-corrected chi connectivity index (χ0v) is 11.6. The van der Waals surface area contributed by atoms with Crippen molar-refractivity contribution >= 4 is 11.6 Å². The maximum absolute atomic E-state index is 12.3. The molecule has 0 fully saturated rings. The number of unbranched alkanes of at least 4 members (excludes halogenated alkanes) is 2. The predicted octanol–water partition coefficient (Wildman–Crippen LogP) is 2.78. The Morgan fingerprint density at radius 1 is 1.39 bits per heavy atom. The summed E-state index contributed by atoms with van der Waals surface area (Å²) in [7, 11) is 1.86. The Hall–Kier alpha value is -1.58. The van der Waals surface area contributed by atoms with Crippen LogP contribution in [-0.2, 0) is 0 Å². The lowest BCUT2D eigenvalue weighted by molar-refractivity contribution is 0.0793. The normalized spacial score (nSPS) is 10.2. The largest absolute Gasteiger partial charge is 0.383 e. The van der Waals surface area contributed by atoms with Crippen LogP contribution in [0.1, 0.15) is 43.5 Å². The number of nitrogens with zero attached hydrogens (tertiary/aromatic N) is 2. The van der Waals surface area contributed by atoms with Crippen LogP contribution in [0.15, 0.2) is 18.5 Å². The summed E-state index contributed by atoms with van der Waals surface area (Å²) >= 11 is 0. The molecule has 0 atom stereocenters. The van der Waals surface area contributed by atoms with Gasteiger partial charge in [0.25, 0.3) is 5.91 Å². The third kappa shape index (κ3) is 4.02. The van der Waals surface area contributed by atoms with E-state index in [1.807, 2.05) is 14.0 Å². The standard InChI is InChI=1S/C14H23N3O/c1-4-6-7-10-17(3)14(18)12-8-9-15-11-13(12)16-5-2/h8-9,11,16H,4-7,10H2,1-3H3. The molecule has 0 radical (unpaired) electrons. The van der Waals surface area contributed by atoms with E-state index in [0.29, 0.717) is 5.56 Å². The minimum absolute atomic E-state index is 0.0597. The van der Waals surface area contributed by atoms with Gasteiger partial charge in [0.1, 0.15) is 0 Å². The molecule has 0 aliphatic rings. The fourth-order valence-corrected chi connectivity index (χ4v) is 1.82. The van der Waals surface area contributed by atoms with E-state index in [9.17, 15) is 4.79 Å². The molecule has 0 saturated heterocycles. The molecule has 100 valence electrons. The molecule has 0 aromatic carbocycles. The van der Waals surface area contributed by atoms with Crippen LogP contribution >= 0.6 is 0 Å². The highest BCUT2D eigenvalue weighted by molar-refractivity contribution is 5.99. The van der Waals surface area contributed by atoms with Gasteiger partial charge in [-0.15, -0.1) is 0 Å². The number of carbonyl (C=O) groups is 1. The molecule has 0 aliphatic heterocycles. The summed E-state index contributed by atoms with van der Waals surface area (Å²) < 4.78 is 0. The first-order chi connectivity index (χ1) is 8.70. The van der Waals surface area contributed by atoms with Gasteiger partial charge in [-0.3, -0.25) is 9.78 Å². The van der Waals surface area contributed by atoms with E-state index in [4.69, 9.17) is 0 Å². The Morgan fingerprint density at radius 3 is 2.83 bits per heavy atom. The highest BCUT2D eigenvalue weighted by Gasteiger charge is 2.14. The first-order valence-electron chi connectivity index (χ1n) is 6.64. The smallest absolute Gasteiger partial charge is 0.255 e. The average Bonchev–Trinajstić information content (AvgIpc) is 2.39. The Kier molecular flexibility index (Phi) is 6.19. The maximum Gasteiger partial charge on any atom is 0.255 e. The molecule has 0 unspecified atom stereocenters. The summed E-state index contributed by atoms with van der Waals surface area (Å²) in [5.74, 6) is 0.0597. The summed E-state index contributed by atoms with van der Waals surface area (Å²) in [4.78, 5) is 18.1. The zero-order chi connectivity index (χ0) is 13.4. The van der Waals surface area contributed by atoms with Gasteiger partial charge in [-0.25, -0.2) is 0 Å². The van der Waals surface area contributed by atoms with Crippen LogP contribution in [0.5, 0.6) is 0 Å². The molecule has 1 amide bonds. The lowest BCUT2D eigenvalue weighted by Gasteiger charge is -2.19. The van der Waals surface area contributed by atoms with Gasteiger partial charge in [-0.2, -0.15) is 0 Å². The summed E-state index contributed by atoms with van der Waals surface area (Å²) in [6.07, 6.45) is 6.75. The van der Waals surface area contributed by atoms with Crippen LogP contribution in [0.25, 0.3) is 0 Å². The highest BCUT2D eigenvalue weighted by atomic mass is 16.2. The molecule has 0 bridgehead atoms. The lowest BCUT2D eigenvalue weighted by Crippen LogP contribution is -2.28. The Bertz CT molecular complexity index is 379. The van der Waals surface area contributed by atoms with Crippen LogP contribution < -0.4 is 5.32 Å². The van der Waals surface area contributed by atoms with Crippen molar-refractivity contribution in [3.8, 4) is 0 Å². The van der Waals surface area contributed by atoms with E-state index in [-0.39, 0.29) is 5.91 Å². The zero-order valence-electron chi connectivity index (χ0n) is 11.6. The summed E-state index contributed by atoms with van der Waals surface area (Å²) in [5.41, 5.74) is 1.51. The monoisotopic (exact) mass is 249 g/mol. The van der Waals surface area contributed by atoms with Gasteiger partial charge in [-0.1, -0.05) is 19.8 Å². The number of pyridine rings is 1. The molecule has 1 N–H and O–H groups in total. The number of aromatic nitrogens is 1. The third-order valence-corrected chi connectivity index (χ3v) is 2.86. The van der Waals surface area contributed by atoms with Crippen molar-refractivity contribution < 1.29 is 4.79 Å². The molecular formula is C14H23N3O. The van der Waals surface area contributed by atoms with Gasteiger partial charge in [0.05, 0.1) is 17.4 Å². The van der Waals surface area contributed by atoms with Crippen molar-refractivity contribution in [2.24, 2.45) is 0 Å². The van der Waals surface area contributed by atoms with Crippen molar-refractivity contribution in [3.05, 3.63) is 24.0 Å². The van der Waals surface area contributed by atoms with Gasteiger partial charge in [0, 0.05) is 26.3 Å². The maximum atomic E-state index is 12.3. The molecule has 1 rings (SSSR count). The molecule has 0 saturated carbocycles. The van der Waals surface area contributed by atoms with Crippen molar-refractivity contribution in [3.63, 3.8) is 0 Å². The Morgan fingerprint density at radius 2 is 2.17 bits per heavy atom. The van der Waals surface area contributed by atoms with Crippen LogP contribution in [-0.4, -0.2) is 35.9 Å². The molecular weight excluding hydrogens is 226 g/mol. The third-order valence-electron chi connectivity index (χ3n) is 2.86. The molecule has 1 aromatic heterocycles. The molecule has 1 heterocycles. The minimum atomic E-state index is 0.0597. The molecule has 0 spiro atoms. The second kappa shape index (κ2) is 7.69. The summed E-state index contributed by atoms with van der Waals surface area (Å²) in [6, 6.07) is 1.77. The van der Waals surface area contributed by atoms with E-state index in [1.54, 1.807) is 23.4 Å². The first kappa shape index (κ1) is 14.5. The molecule has 4 nitrogen and oxygen atoms in total. The number of hydrogen-bond acceptors (Lipinski definition) is 3. The highest BCUT2D eigenvalue weighted by Crippen LogP contribution is 2.15. The van der Waals surface area contributed by atoms with E-state index in [2.05, 4.69) is 17.2 Å². The van der Waals surface area contributed by atoms with E-state index >= 15 is 0 Å². The van der Waals surface area contributed by atoms with E-state index < -0.39 is 0 Å². The topological polar surface area (TPSA) is 45.2 Å². The van der Waals surface area contributed by atoms with Crippen molar-refractivity contribution in [1.29, 1.82) is 0 Å². The first-order valence-corrected chi connectivity index (χ1v) is 6.64. The summed E-state index contributed by atoms with van der Waals surface area (Å²) in [6.45, 7) is 5.76. The lowest BCUT2D eigenvalue weighted by atomic mass is 10.2. The van der Waals surface area contributed by atoms with Crippen molar-refractivity contribution in [2.45, 2.75) is 33.1 Å². The van der Waals surface area contributed by atoms with E-state index in [0.717, 1.165) is 31.6 Å². The van der Waals surface area contributed by atoms with Gasteiger partial charge < -0.3 is 10.2 Å². The van der Waals surface area contributed by atoms with Gasteiger partial charge in [-0.05, 0) is 19.4 Å². The van der Waals surface area contributed by atoms with Gasteiger partial charge in [0.15, 0.2) is 0 Å². The van der Waals surface area contributed by atoms with Crippen LogP contribution in [0.3, 0.4) is 0 Å². The number of carbonyl (C=O) groups excluding carboxylic acids is 1. The average molecular weight is 249 g/mol. The molecule has 4 heteroatoms. The van der Waals surface area contributed by atoms with Crippen molar-refractivity contribution in [1.82, 2.24) is 9.88 Å². The van der Waals surface area contributed by atoms with Crippen molar-refractivity contribution in [2.75, 3.05) is 25.5 Å². The Labute approximate surface area is 109 Å². The summed E-state index contributed by atoms with van der Waals surface area (Å²) in [5, 5.41) is 3.17. The van der Waals surface area contributed by atoms with Gasteiger partial charge in [0.2, 0.25) is 0 Å². The number of rotatable bonds is 7. The fourth-order valence-electron chi connectivity index (χ4n) is 1.82. The molecule has 0 aliphatic carbocycles. The molecule has 18 heavy (non-hydrogen) atoms. The Balaban J connectivity index is 2.70. The number of anilines is 1. The number of nitrogens with one attached hydrogen (secondary N) is 1. The second-order valence-electron chi connectivity index (χ2n) is 4.39. The van der Waals surface area contributed by atoms with E-state index in [1.165, 1.54) is 6.42 Å². The number of hydrogen-bond donors (Lipinski definition) is 1. The predicted molar refractivity (Wildman–Crippen MR) is 74.9 cm³/mol. The SMILES string of the molecule is CCCCCN(C)C(=O)c1ccncc1NCC. The van der Waals surface area contributed by atoms with Crippen LogP contribution in [0, 0.1) is 0 Å². The second-order valence-corrected chi connectivity index (χ2v) is 4.39.